The summed E-state index contributed by atoms with van der Waals surface area (Å²) in [5.41, 5.74) is 3.71. The van der Waals surface area contributed by atoms with E-state index in [2.05, 4.69) is 61.8 Å². The van der Waals surface area contributed by atoms with Gasteiger partial charge in [0.1, 0.15) is 67.3 Å². The quantitative estimate of drug-likeness (QED) is 0.0213. The topological polar surface area (TPSA) is 374 Å². The first kappa shape index (κ1) is 61.5. The number of hydrogen-bond donors (Lipinski definition) is 5. The van der Waals surface area contributed by atoms with Crippen LogP contribution in [-0.4, -0.2) is 103 Å². The van der Waals surface area contributed by atoms with Crippen LogP contribution in [0.15, 0.2) is 137 Å². The fourth-order valence-electron chi connectivity index (χ4n) is 8.26. The maximum atomic E-state index is 12.2. The van der Waals surface area contributed by atoms with Crippen molar-refractivity contribution in [3.63, 3.8) is 0 Å². The molecule has 0 bridgehead atoms. The number of hydrogen-bond acceptors (Lipinski definition) is 26. The van der Waals surface area contributed by atoms with Gasteiger partial charge in [-0.05, 0) is 141 Å². The standard InChI is InChI=1S/C52H49N15O11S6/c1-7-66(8-2)33-16-18-38(60-62-48-36(27-53)46(64-80-48)31-14-20-42(77-5)44(23-31)83(71,72)73)40(25-33)55-50-57-51(59-52(58-50)79-29-30-12-11-13-35(22-30)82(68,69)70)56-41-26-34(67(9-3)10-4)17-19-39(41)61-63-49-37(28-54)47(65-81-49)32-15-21-43(78-6)45(24-32)84(74,75)76/h11-26H,7-10,29H2,1-6H3,(H,68,69,70)(H,71,72,73)(H,74,75,76)(H2,55,56,57,58,59)/b62-60+,63-61+. The molecule has 0 unspecified atom stereocenters. The minimum atomic E-state index is -4.73. The Morgan fingerprint density at radius 3 is 1.43 bits per heavy atom. The molecule has 3 heterocycles. The fourth-order valence-corrected chi connectivity index (χ4v) is 12.3. The number of benzene rings is 5. The van der Waals surface area contributed by atoms with Crippen molar-refractivity contribution in [3.05, 3.63) is 114 Å². The highest BCUT2D eigenvalue weighted by Gasteiger charge is 2.25. The molecule has 0 spiro atoms. The van der Waals surface area contributed by atoms with E-state index in [9.17, 15) is 49.4 Å². The van der Waals surface area contributed by atoms with Crippen LogP contribution in [0.1, 0.15) is 44.4 Å². The predicted octanol–water partition coefficient (Wildman–Crippen LogP) is 11.9. The lowest BCUT2D eigenvalue weighted by Gasteiger charge is -2.22. The molecule has 8 aromatic rings. The number of nitriles is 2. The molecular formula is C52H49N15O11S6. The van der Waals surface area contributed by atoms with Crippen LogP contribution in [0.3, 0.4) is 0 Å². The van der Waals surface area contributed by atoms with Crippen LogP contribution in [0.4, 0.5) is 56.0 Å². The lowest BCUT2D eigenvalue weighted by Crippen LogP contribution is -2.21. The second-order valence-electron chi connectivity index (χ2n) is 17.4. The van der Waals surface area contributed by atoms with E-state index < -0.39 is 40.1 Å². The van der Waals surface area contributed by atoms with Gasteiger partial charge in [-0.2, -0.15) is 59.5 Å². The Morgan fingerprint density at radius 2 is 1.04 bits per heavy atom. The van der Waals surface area contributed by atoms with Crippen LogP contribution in [0.5, 0.6) is 11.5 Å². The van der Waals surface area contributed by atoms with E-state index in [4.69, 9.17) is 24.4 Å². The van der Waals surface area contributed by atoms with Gasteiger partial charge in [0.2, 0.25) is 11.9 Å². The fraction of sp³-hybridized carbons (Fsp3) is 0.212. The van der Waals surface area contributed by atoms with Crippen molar-refractivity contribution in [3.8, 4) is 46.2 Å². The molecule has 26 nitrogen and oxygen atoms in total. The Bertz CT molecular complexity index is 4060. The summed E-state index contributed by atoms with van der Waals surface area (Å²) in [7, 11) is -11.5. The van der Waals surface area contributed by atoms with Gasteiger partial charge >= 0.3 is 0 Å². The molecule has 0 saturated heterocycles. The highest BCUT2D eigenvalue weighted by atomic mass is 32.2. The molecule has 434 valence electrons. The van der Waals surface area contributed by atoms with Crippen molar-refractivity contribution in [2.24, 2.45) is 20.5 Å². The molecule has 0 amide bonds. The summed E-state index contributed by atoms with van der Waals surface area (Å²) in [6.07, 6.45) is 0. The second kappa shape index (κ2) is 26.3. The van der Waals surface area contributed by atoms with Gasteiger partial charge in [-0.15, -0.1) is 20.5 Å². The molecule has 0 saturated carbocycles. The monoisotopic (exact) mass is 1250 g/mol. The van der Waals surface area contributed by atoms with E-state index in [1.165, 1.54) is 56.7 Å². The first-order valence-corrected chi connectivity index (χ1v) is 31.7. The van der Waals surface area contributed by atoms with Crippen LogP contribution in [0.2, 0.25) is 0 Å². The van der Waals surface area contributed by atoms with Gasteiger partial charge in [-0.25, -0.2) is 0 Å². The van der Waals surface area contributed by atoms with Gasteiger partial charge < -0.3 is 29.9 Å². The highest BCUT2D eigenvalue weighted by Crippen LogP contribution is 2.42. The second-order valence-corrected chi connectivity index (χ2v) is 24.0. The van der Waals surface area contributed by atoms with Crippen molar-refractivity contribution < 1.29 is 48.4 Å². The van der Waals surface area contributed by atoms with Crippen LogP contribution >= 0.6 is 34.8 Å². The molecule has 0 aliphatic rings. The summed E-state index contributed by atoms with van der Waals surface area (Å²) < 4.78 is 122. The maximum Gasteiger partial charge on any atom is 0.298 e. The van der Waals surface area contributed by atoms with Gasteiger partial charge in [-0.1, -0.05) is 23.9 Å². The summed E-state index contributed by atoms with van der Waals surface area (Å²) >= 11 is 2.77. The average Bonchev–Trinajstić information content (AvgIpc) is 2.71. The lowest BCUT2D eigenvalue weighted by molar-refractivity contribution is 0.397. The molecule has 0 fully saturated rings. The third kappa shape index (κ3) is 14.2. The summed E-state index contributed by atoms with van der Waals surface area (Å²) in [4.78, 5) is 17.1. The van der Waals surface area contributed by atoms with Crippen LogP contribution in [-0.2, 0) is 36.1 Å². The normalized spacial score (nSPS) is 11.8. The van der Waals surface area contributed by atoms with Crippen molar-refractivity contribution in [1.29, 1.82) is 10.5 Å². The first-order valence-electron chi connectivity index (χ1n) is 24.8. The van der Waals surface area contributed by atoms with Crippen LogP contribution in [0, 0.1) is 22.7 Å². The minimum absolute atomic E-state index is 0.0172. The zero-order chi connectivity index (χ0) is 60.5. The third-order valence-corrected chi connectivity index (χ3v) is 17.4. The van der Waals surface area contributed by atoms with Crippen molar-refractivity contribution in [2.75, 3.05) is 60.8 Å². The lowest BCUT2D eigenvalue weighted by atomic mass is 10.1. The van der Waals surface area contributed by atoms with E-state index in [0.29, 0.717) is 43.1 Å². The van der Waals surface area contributed by atoms with Gasteiger partial charge in [-0.3, -0.25) is 13.7 Å². The Labute approximate surface area is 495 Å². The van der Waals surface area contributed by atoms with E-state index in [-0.39, 0.29) is 94.2 Å². The molecule has 8 rings (SSSR count). The highest BCUT2D eigenvalue weighted by molar-refractivity contribution is 7.98. The SMILES string of the molecule is CCN(CC)c1ccc(/N=N/c2snc(-c3ccc(OC)c(S(=O)(=O)O)c3)c2C#N)c(Nc2nc(Nc3cc(N(CC)CC)ccc3/N=N/c3snc(-c4ccc(OC)c(S(=O)(=O)O)c4)c3C#N)nc(SCc3cccc(S(=O)(=O)O)c3)n2)c1. The largest absolute Gasteiger partial charge is 0.495 e. The molecule has 5 aromatic carbocycles. The van der Waals surface area contributed by atoms with E-state index in [1.54, 1.807) is 30.3 Å². The summed E-state index contributed by atoms with van der Waals surface area (Å²) in [5.74, 6) is -0.150. The van der Waals surface area contributed by atoms with E-state index in [1.807, 2.05) is 39.8 Å². The molecule has 0 aliphatic heterocycles. The number of ether oxygens (including phenoxy) is 2. The summed E-state index contributed by atoms with van der Waals surface area (Å²) in [6.45, 7) is 10.5. The summed E-state index contributed by atoms with van der Waals surface area (Å²) in [6, 6.07) is 28.4. The number of nitrogens with one attached hydrogen (secondary N) is 2. The molecule has 3 aromatic heterocycles. The number of aromatic nitrogens is 5. The Balaban J connectivity index is 1.21. The molecule has 5 N–H and O–H groups in total. The van der Waals surface area contributed by atoms with Crippen LogP contribution < -0.4 is 29.9 Å². The smallest absolute Gasteiger partial charge is 0.298 e. The van der Waals surface area contributed by atoms with E-state index in [0.717, 1.165) is 58.3 Å². The van der Waals surface area contributed by atoms with Gasteiger partial charge in [0.15, 0.2) is 15.2 Å². The molecule has 0 atom stereocenters. The zero-order valence-electron chi connectivity index (χ0n) is 45.1. The van der Waals surface area contributed by atoms with Crippen molar-refractivity contribution >= 4 is 121 Å². The molecule has 0 aliphatic carbocycles. The molecule has 84 heavy (non-hydrogen) atoms. The van der Waals surface area contributed by atoms with Crippen molar-refractivity contribution in [1.82, 2.24) is 23.7 Å². The van der Waals surface area contributed by atoms with Gasteiger partial charge in [0, 0.05) is 54.4 Å². The zero-order valence-corrected chi connectivity index (χ0v) is 50.0. The molecule has 0 radical (unpaired) electrons. The van der Waals surface area contributed by atoms with E-state index >= 15 is 0 Å². The van der Waals surface area contributed by atoms with Gasteiger partial charge in [0.05, 0.1) is 30.5 Å². The third-order valence-electron chi connectivity index (χ3n) is 12.4. The molecule has 32 heteroatoms. The Kier molecular flexibility index (Phi) is 19.3. The number of rotatable bonds is 24. The minimum Gasteiger partial charge on any atom is -0.495 e. The average molecular weight is 1250 g/mol. The van der Waals surface area contributed by atoms with Crippen LogP contribution in [0.25, 0.3) is 22.5 Å². The number of methoxy groups -OCH3 is 2. The number of anilines is 6. The van der Waals surface area contributed by atoms with Gasteiger partial charge in [0.25, 0.3) is 30.4 Å². The first-order chi connectivity index (χ1) is 40.1. The summed E-state index contributed by atoms with van der Waals surface area (Å²) in [5, 5.41) is 45.5. The number of azo groups is 2. The van der Waals surface area contributed by atoms with Crippen molar-refractivity contribution in [2.45, 2.75) is 53.3 Å². The Morgan fingerprint density at radius 1 is 0.583 bits per heavy atom. The molecular weight excluding hydrogens is 1200 g/mol. The maximum absolute atomic E-state index is 12.2. The number of nitrogens with zero attached hydrogens (tertiary/aromatic N) is 13. The number of thioether (sulfide) groups is 1. The Hall–Kier alpha value is -8.57. The predicted molar refractivity (Wildman–Crippen MR) is 318 cm³/mol.